The van der Waals surface area contributed by atoms with Crippen LogP contribution in [0.15, 0.2) is 90.2 Å². The number of nitrogens with zero attached hydrogens (tertiary/aromatic N) is 3. The van der Waals surface area contributed by atoms with Gasteiger partial charge in [0.05, 0.1) is 25.1 Å². The molecule has 38 heavy (non-hydrogen) atoms. The Morgan fingerprint density at radius 1 is 0.895 bits per heavy atom. The van der Waals surface area contributed by atoms with Crippen molar-refractivity contribution >= 4 is 23.7 Å². The maximum atomic E-state index is 12.3. The number of amides is 2. The van der Waals surface area contributed by atoms with E-state index < -0.39 is 11.8 Å². The van der Waals surface area contributed by atoms with Crippen molar-refractivity contribution in [3.05, 3.63) is 90.6 Å². The number of carbonyl (C=O) groups is 2. The number of aromatic nitrogens is 2. The van der Waals surface area contributed by atoms with Gasteiger partial charge in [-0.15, -0.1) is 0 Å². The van der Waals surface area contributed by atoms with Crippen molar-refractivity contribution in [2.75, 3.05) is 18.5 Å². The predicted molar refractivity (Wildman–Crippen MR) is 147 cm³/mol. The minimum atomic E-state index is -0.899. The summed E-state index contributed by atoms with van der Waals surface area (Å²) in [6.07, 6.45) is 4.20. The molecule has 9 nitrogen and oxygen atoms in total. The summed E-state index contributed by atoms with van der Waals surface area (Å²) < 4.78 is 12.8. The normalized spacial score (nSPS) is 10.8. The second-order valence-electron chi connectivity index (χ2n) is 8.20. The van der Waals surface area contributed by atoms with Crippen LogP contribution >= 0.6 is 0 Å². The molecule has 2 N–H and O–H groups in total. The molecule has 0 aliphatic rings. The molecule has 194 valence electrons. The standard InChI is InChI=1S/C29H29N5O4/c1-3-18-38-26-14-10-21(11-15-26)27-22(20-34(33-27)24-8-6-5-7-9-24)19-30-32-29(36)28(35)31-23-12-16-25(17-13-23)37-4-2/h5-17,19-20H,3-4,18H2,1-2H3,(H,31,35)(H,32,36)/b30-19+. The zero-order valence-corrected chi connectivity index (χ0v) is 21.3. The number of carbonyl (C=O) groups excluding carboxylic acids is 2. The third kappa shape index (κ3) is 6.85. The monoisotopic (exact) mass is 511 g/mol. The van der Waals surface area contributed by atoms with E-state index in [1.165, 1.54) is 6.21 Å². The molecule has 0 saturated carbocycles. The first kappa shape index (κ1) is 26.2. The second kappa shape index (κ2) is 12.9. The van der Waals surface area contributed by atoms with Gasteiger partial charge in [0, 0.05) is 23.0 Å². The summed E-state index contributed by atoms with van der Waals surface area (Å²) >= 11 is 0. The van der Waals surface area contributed by atoms with E-state index >= 15 is 0 Å². The molecule has 0 unspecified atom stereocenters. The van der Waals surface area contributed by atoms with Gasteiger partial charge in [-0.05, 0) is 74.0 Å². The highest BCUT2D eigenvalue weighted by Crippen LogP contribution is 2.25. The van der Waals surface area contributed by atoms with Gasteiger partial charge in [0.15, 0.2) is 0 Å². The average molecular weight is 512 g/mol. The molecule has 0 spiro atoms. The first-order valence-corrected chi connectivity index (χ1v) is 12.3. The zero-order valence-electron chi connectivity index (χ0n) is 21.3. The van der Waals surface area contributed by atoms with E-state index in [0.717, 1.165) is 23.4 Å². The SMILES string of the molecule is CCCOc1ccc(-c2nn(-c3ccccc3)cc2/C=N/NC(=O)C(=O)Nc2ccc(OCC)cc2)cc1. The second-order valence-corrected chi connectivity index (χ2v) is 8.20. The molecule has 1 heterocycles. The van der Waals surface area contributed by atoms with Crippen LogP contribution in [0.5, 0.6) is 11.5 Å². The number of nitrogens with one attached hydrogen (secondary N) is 2. The lowest BCUT2D eigenvalue weighted by molar-refractivity contribution is -0.136. The summed E-state index contributed by atoms with van der Waals surface area (Å²) in [7, 11) is 0. The Morgan fingerprint density at radius 3 is 2.26 bits per heavy atom. The molecule has 0 saturated heterocycles. The number of hydrogen-bond donors (Lipinski definition) is 2. The van der Waals surface area contributed by atoms with E-state index in [-0.39, 0.29) is 0 Å². The highest BCUT2D eigenvalue weighted by molar-refractivity contribution is 6.39. The summed E-state index contributed by atoms with van der Waals surface area (Å²) in [5.74, 6) is -0.285. The van der Waals surface area contributed by atoms with Crippen LogP contribution in [0, 0.1) is 0 Å². The molecule has 0 aliphatic heterocycles. The van der Waals surface area contributed by atoms with Crippen molar-refractivity contribution in [1.29, 1.82) is 0 Å². The molecule has 4 rings (SSSR count). The number of hydrazone groups is 1. The van der Waals surface area contributed by atoms with Gasteiger partial charge in [-0.1, -0.05) is 25.1 Å². The van der Waals surface area contributed by atoms with Crippen LogP contribution < -0.4 is 20.2 Å². The number of benzene rings is 3. The van der Waals surface area contributed by atoms with Crippen molar-refractivity contribution in [2.24, 2.45) is 5.10 Å². The summed E-state index contributed by atoms with van der Waals surface area (Å²) in [4.78, 5) is 24.6. The fourth-order valence-electron chi connectivity index (χ4n) is 3.55. The number of para-hydroxylation sites is 1. The van der Waals surface area contributed by atoms with Gasteiger partial charge in [0.25, 0.3) is 0 Å². The van der Waals surface area contributed by atoms with Crippen LogP contribution in [0.4, 0.5) is 5.69 Å². The first-order valence-electron chi connectivity index (χ1n) is 12.3. The van der Waals surface area contributed by atoms with Crippen LogP contribution in [-0.2, 0) is 9.59 Å². The van der Waals surface area contributed by atoms with Crippen molar-refractivity contribution < 1.29 is 19.1 Å². The van der Waals surface area contributed by atoms with Gasteiger partial charge in [-0.3, -0.25) is 9.59 Å². The topological polar surface area (TPSA) is 107 Å². The van der Waals surface area contributed by atoms with Gasteiger partial charge in [0.1, 0.15) is 17.2 Å². The third-order valence-electron chi connectivity index (χ3n) is 5.36. The minimum Gasteiger partial charge on any atom is -0.494 e. The van der Waals surface area contributed by atoms with E-state index in [4.69, 9.17) is 14.6 Å². The lowest BCUT2D eigenvalue weighted by Gasteiger charge is -2.06. The first-order chi connectivity index (χ1) is 18.6. The quantitative estimate of drug-likeness (QED) is 0.180. The summed E-state index contributed by atoms with van der Waals surface area (Å²) in [5, 5.41) is 11.3. The molecular weight excluding hydrogens is 482 g/mol. The number of ether oxygens (including phenoxy) is 2. The lowest BCUT2D eigenvalue weighted by atomic mass is 10.1. The Labute approximate surface area is 221 Å². The minimum absolute atomic E-state index is 0.468. The fraction of sp³-hybridized carbons (Fsp3) is 0.172. The van der Waals surface area contributed by atoms with Crippen molar-refractivity contribution in [3.8, 4) is 28.4 Å². The van der Waals surface area contributed by atoms with E-state index in [9.17, 15) is 9.59 Å². The Hall–Kier alpha value is -4.92. The highest BCUT2D eigenvalue weighted by atomic mass is 16.5. The van der Waals surface area contributed by atoms with E-state index in [1.54, 1.807) is 28.9 Å². The van der Waals surface area contributed by atoms with Gasteiger partial charge < -0.3 is 14.8 Å². The number of hydrogen-bond acceptors (Lipinski definition) is 6. The summed E-state index contributed by atoms with van der Waals surface area (Å²) in [5.41, 5.74) is 5.79. The lowest BCUT2D eigenvalue weighted by Crippen LogP contribution is -2.32. The van der Waals surface area contributed by atoms with Crippen LogP contribution in [0.3, 0.4) is 0 Å². The fourth-order valence-corrected chi connectivity index (χ4v) is 3.55. The number of rotatable bonds is 10. The van der Waals surface area contributed by atoms with Crippen LogP contribution in [0.2, 0.25) is 0 Å². The summed E-state index contributed by atoms with van der Waals surface area (Å²) in [6, 6.07) is 24.0. The van der Waals surface area contributed by atoms with Crippen LogP contribution in [-0.4, -0.2) is 41.0 Å². The molecule has 0 atom stereocenters. The van der Waals surface area contributed by atoms with Crippen molar-refractivity contribution in [2.45, 2.75) is 20.3 Å². The van der Waals surface area contributed by atoms with Gasteiger partial charge in [-0.25, -0.2) is 10.1 Å². The molecular formula is C29H29N5O4. The van der Waals surface area contributed by atoms with Gasteiger partial charge in [-0.2, -0.15) is 10.2 Å². The highest BCUT2D eigenvalue weighted by Gasteiger charge is 2.14. The molecule has 0 aliphatic carbocycles. The van der Waals surface area contributed by atoms with Crippen LogP contribution in [0.1, 0.15) is 25.8 Å². The van der Waals surface area contributed by atoms with Crippen LogP contribution in [0.25, 0.3) is 16.9 Å². The Balaban J connectivity index is 1.48. The summed E-state index contributed by atoms with van der Waals surface area (Å²) in [6.45, 7) is 5.12. The molecule has 2 amide bonds. The molecule has 1 aromatic heterocycles. The molecule has 4 aromatic rings. The van der Waals surface area contributed by atoms with Gasteiger partial charge in [0.2, 0.25) is 0 Å². The smallest absolute Gasteiger partial charge is 0.329 e. The van der Waals surface area contributed by atoms with E-state index in [1.807, 2.05) is 67.7 Å². The molecule has 9 heteroatoms. The van der Waals surface area contributed by atoms with E-state index in [0.29, 0.717) is 35.9 Å². The number of anilines is 1. The predicted octanol–water partition coefficient (Wildman–Crippen LogP) is 4.82. The Kier molecular flexibility index (Phi) is 8.85. The van der Waals surface area contributed by atoms with Gasteiger partial charge >= 0.3 is 11.8 Å². The zero-order chi connectivity index (χ0) is 26.7. The van der Waals surface area contributed by atoms with Crippen molar-refractivity contribution in [3.63, 3.8) is 0 Å². The molecule has 0 bridgehead atoms. The maximum absolute atomic E-state index is 12.3. The molecule has 3 aromatic carbocycles. The van der Waals surface area contributed by atoms with Crippen molar-refractivity contribution in [1.82, 2.24) is 15.2 Å². The van der Waals surface area contributed by atoms with E-state index in [2.05, 4.69) is 22.8 Å². The Bertz CT molecular complexity index is 1380. The maximum Gasteiger partial charge on any atom is 0.329 e. The largest absolute Gasteiger partial charge is 0.494 e. The molecule has 0 fully saturated rings. The Morgan fingerprint density at radius 2 is 1.58 bits per heavy atom. The molecule has 0 radical (unpaired) electrons. The average Bonchev–Trinajstić information content (AvgIpc) is 3.38. The third-order valence-corrected chi connectivity index (χ3v) is 5.36.